The van der Waals surface area contributed by atoms with E-state index in [0.717, 1.165) is 59.1 Å². The lowest BCUT2D eigenvalue weighted by atomic mass is 9.96. The Morgan fingerprint density at radius 1 is 1.09 bits per heavy atom. The van der Waals surface area contributed by atoms with Crippen molar-refractivity contribution in [3.05, 3.63) is 72.6 Å². The van der Waals surface area contributed by atoms with E-state index in [2.05, 4.69) is 54.4 Å². The third kappa shape index (κ3) is 4.45. The highest BCUT2D eigenvalue weighted by atomic mass is 32.2. The second kappa shape index (κ2) is 8.60. The third-order valence-electron chi connectivity index (χ3n) is 5.75. The van der Waals surface area contributed by atoms with Crippen molar-refractivity contribution in [3.8, 4) is 21.8 Å². The molecule has 0 aliphatic heterocycles. The molecule has 0 atom stereocenters. The molecule has 9 heteroatoms. The zero-order valence-corrected chi connectivity index (χ0v) is 20.8. The molecule has 0 saturated carbocycles. The summed E-state index contributed by atoms with van der Waals surface area (Å²) >= 11 is 3.25. The monoisotopic (exact) mass is 500 g/mol. The summed E-state index contributed by atoms with van der Waals surface area (Å²) in [6.45, 7) is 3.68. The SMILES string of the molecule is CC(C)(O)Cc1cc(SNc2ccccc2)cc2[nH]c(-c3n[nH]c4cc(-c5cn[nH]c5)sc34)cc12. The molecule has 35 heavy (non-hydrogen) atoms. The van der Waals surface area contributed by atoms with Gasteiger partial charge in [0.1, 0.15) is 5.69 Å². The summed E-state index contributed by atoms with van der Waals surface area (Å²) in [5.41, 5.74) is 6.21. The molecule has 0 aliphatic carbocycles. The summed E-state index contributed by atoms with van der Waals surface area (Å²) in [5.74, 6) is 0. The quantitative estimate of drug-likeness (QED) is 0.159. The topological polar surface area (TPSA) is 105 Å². The Kier molecular flexibility index (Phi) is 5.40. The summed E-state index contributed by atoms with van der Waals surface area (Å²) in [5, 5.41) is 26.4. The Balaban J connectivity index is 1.40. The van der Waals surface area contributed by atoms with E-state index in [0.29, 0.717) is 6.42 Å². The molecule has 0 spiro atoms. The molecule has 176 valence electrons. The molecular weight excluding hydrogens is 476 g/mol. The van der Waals surface area contributed by atoms with Crippen LogP contribution in [-0.2, 0) is 6.42 Å². The number of benzene rings is 2. The number of nitrogens with one attached hydrogen (secondary N) is 4. The molecule has 0 radical (unpaired) electrons. The normalized spacial score (nSPS) is 12.1. The zero-order chi connectivity index (χ0) is 24.0. The zero-order valence-electron chi connectivity index (χ0n) is 19.2. The lowest BCUT2D eigenvalue weighted by Crippen LogP contribution is -2.21. The van der Waals surface area contributed by atoms with E-state index in [4.69, 9.17) is 0 Å². The first-order valence-corrected chi connectivity index (χ1v) is 12.9. The minimum absolute atomic E-state index is 0.542. The van der Waals surface area contributed by atoms with Crippen molar-refractivity contribution in [2.45, 2.75) is 30.8 Å². The first kappa shape index (κ1) is 22.0. The number of rotatable bonds is 7. The van der Waals surface area contributed by atoms with Gasteiger partial charge >= 0.3 is 0 Å². The first-order chi connectivity index (χ1) is 16.9. The van der Waals surface area contributed by atoms with E-state index in [1.165, 1.54) is 0 Å². The largest absolute Gasteiger partial charge is 0.390 e. The molecule has 0 fully saturated rings. The maximum atomic E-state index is 10.6. The predicted octanol–water partition coefficient (Wildman–Crippen LogP) is 6.60. The number of hydrogen-bond donors (Lipinski definition) is 5. The first-order valence-electron chi connectivity index (χ1n) is 11.3. The number of anilines is 1. The summed E-state index contributed by atoms with van der Waals surface area (Å²) in [6.07, 6.45) is 4.26. The van der Waals surface area contributed by atoms with E-state index in [1.54, 1.807) is 23.3 Å². The van der Waals surface area contributed by atoms with Gasteiger partial charge < -0.3 is 14.8 Å². The smallest absolute Gasteiger partial charge is 0.126 e. The van der Waals surface area contributed by atoms with Crippen molar-refractivity contribution < 1.29 is 5.11 Å². The maximum Gasteiger partial charge on any atom is 0.126 e. The average Bonchev–Trinajstić information content (AvgIpc) is 3.60. The van der Waals surface area contributed by atoms with Crippen LogP contribution in [0.4, 0.5) is 5.69 Å². The van der Waals surface area contributed by atoms with E-state index < -0.39 is 5.60 Å². The van der Waals surface area contributed by atoms with Crippen molar-refractivity contribution in [2.75, 3.05) is 4.72 Å². The molecule has 5 N–H and O–H groups in total. The summed E-state index contributed by atoms with van der Waals surface area (Å²) in [7, 11) is 0. The van der Waals surface area contributed by atoms with Crippen LogP contribution in [-0.4, -0.2) is 36.1 Å². The second-order valence-electron chi connectivity index (χ2n) is 9.20. The third-order valence-corrected chi connectivity index (χ3v) is 7.75. The number of thiophene rings is 1. The van der Waals surface area contributed by atoms with E-state index >= 15 is 0 Å². The van der Waals surface area contributed by atoms with Crippen LogP contribution in [0, 0.1) is 0 Å². The second-order valence-corrected chi connectivity index (χ2v) is 11.1. The molecule has 6 rings (SSSR count). The predicted molar refractivity (Wildman–Crippen MR) is 145 cm³/mol. The number of hydrogen-bond acceptors (Lipinski definition) is 6. The Labute approximate surface area is 210 Å². The van der Waals surface area contributed by atoms with Crippen molar-refractivity contribution >= 4 is 50.1 Å². The molecule has 2 aromatic carbocycles. The molecule has 6 aromatic rings. The number of fused-ring (bicyclic) bond motifs is 2. The molecule has 0 bridgehead atoms. The van der Waals surface area contributed by atoms with Gasteiger partial charge in [0.15, 0.2) is 0 Å². The molecule has 7 nitrogen and oxygen atoms in total. The van der Waals surface area contributed by atoms with Gasteiger partial charge in [0.2, 0.25) is 0 Å². The molecular formula is C26H24N6OS2. The number of aliphatic hydroxyl groups is 1. The van der Waals surface area contributed by atoms with Crippen molar-refractivity contribution in [1.82, 2.24) is 25.4 Å². The number of nitrogens with zero attached hydrogens (tertiary/aromatic N) is 2. The minimum Gasteiger partial charge on any atom is -0.390 e. The summed E-state index contributed by atoms with van der Waals surface area (Å²) in [4.78, 5) is 5.78. The molecule has 0 aliphatic rings. The van der Waals surface area contributed by atoms with Gasteiger partial charge in [-0.05, 0) is 67.8 Å². The average molecular weight is 501 g/mol. The van der Waals surface area contributed by atoms with Crippen LogP contribution in [0.1, 0.15) is 19.4 Å². The Morgan fingerprint density at radius 3 is 2.71 bits per heavy atom. The fraction of sp³-hybridized carbons (Fsp3) is 0.154. The highest BCUT2D eigenvalue weighted by Gasteiger charge is 2.20. The van der Waals surface area contributed by atoms with Crippen LogP contribution >= 0.6 is 23.3 Å². The molecule has 4 aromatic heterocycles. The number of aromatic nitrogens is 5. The van der Waals surface area contributed by atoms with Gasteiger partial charge in [-0.15, -0.1) is 11.3 Å². The van der Waals surface area contributed by atoms with Gasteiger partial charge in [-0.3, -0.25) is 10.2 Å². The van der Waals surface area contributed by atoms with Gasteiger partial charge in [-0.2, -0.15) is 10.2 Å². The van der Waals surface area contributed by atoms with Crippen LogP contribution < -0.4 is 4.72 Å². The number of para-hydroxylation sites is 1. The lowest BCUT2D eigenvalue weighted by molar-refractivity contribution is 0.0813. The Morgan fingerprint density at radius 2 is 1.94 bits per heavy atom. The van der Waals surface area contributed by atoms with Gasteiger partial charge in [-0.1, -0.05) is 18.2 Å². The number of aromatic amines is 3. The summed E-state index contributed by atoms with van der Waals surface area (Å²) in [6, 6.07) is 18.6. The number of H-pyrrole nitrogens is 3. The molecule has 0 amide bonds. The van der Waals surface area contributed by atoms with Crippen molar-refractivity contribution in [2.24, 2.45) is 0 Å². The van der Waals surface area contributed by atoms with E-state index in [1.807, 2.05) is 56.6 Å². The van der Waals surface area contributed by atoms with Gasteiger partial charge in [0.05, 0.1) is 27.7 Å². The fourth-order valence-corrected chi connectivity index (χ4v) is 6.08. The van der Waals surface area contributed by atoms with Crippen molar-refractivity contribution in [1.29, 1.82) is 0 Å². The molecule has 0 unspecified atom stereocenters. The maximum absolute atomic E-state index is 10.6. The van der Waals surface area contributed by atoms with Gasteiger partial charge in [0, 0.05) is 44.5 Å². The Bertz CT molecular complexity index is 1610. The summed E-state index contributed by atoms with van der Waals surface area (Å²) < 4.78 is 4.50. The van der Waals surface area contributed by atoms with Crippen LogP contribution in [0.5, 0.6) is 0 Å². The standard InChI is InChI=1S/C26H24N6OS2/c1-26(2,33)12-15-8-18(35-32-17-6-4-3-5-7-17)9-20-19(15)10-21(29-20)24-25-22(30-31-24)11-23(34-25)16-13-27-28-14-16/h3-11,13-14,29,32-33H,12H2,1-2H3,(H,27,28)(H,30,31). The van der Waals surface area contributed by atoms with Crippen LogP contribution in [0.25, 0.3) is 42.9 Å². The van der Waals surface area contributed by atoms with Gasteiger partial charge in [-0.25, -0.2) is 0 Å². The fourth-order valence-electron chi connectivity index (χ4n) is 4.23. The minimum atomic E-state index is -0.826. The van der Waals surface area contributed by atoms with Crippen molar-refractivity contribution in [3.63, 3.8) is 0 Å². The molecule has 0 saturated heterocycles. The van der Waals surface area contributed by atoms with E-state index in [-0.39, 0.29) is 0 Å². The van der Waals surface area contributed by atoms with Crippen LogP contribution in [0.15, 0.2) is 71.9 Å². The van der Waals surface area contributed by atoms with Crippen LogP contribution in [0.3, 0.4) is 0 Å². The Hall–Kier alpha value is -3.53. The van der Waals surface area contributed by atoms with Crippen LogP contribution in [0.2, 0.25) is 0 Å². The highest BCUT2D eigenvalue weighted by Crippen LogP contribution is 2.39. The highest BCUT2D eigenvalue weighted by molar-refractivity contribution is 8.00. The lowest BCUT2D eigenvalue weighted by Gasteiger charge is -2.18. The molecule has 4 heterocycles. The van der Waals surface area contributed by atoms with E-state index in [9.17, 15) is 5.11 Å². The van der Waals surface area contributed by atoms with Gasteiger partial charge in [0.25, 0.3) is 0 Å².